The molecule has 1 heterocycles. The first-order valence-corrected chi connectivity index (χ1v) is 9.86. The lowest BCUT2D eigenvalue weighted by molar-refractivity contribution is -0.0504. The van der Waals surface area contributed by atoms with Crippen molar-refractivity contribution < 1.29 is 18.3 Å². The number of nitrogens with one attached hydrogen (secondary N) is 2. The SMILES string of the molecule is CCNC(=NCc1ccccc1OC(F)F)NCC1CN(CC(C)C)CCO1. The van der Waals surface area contributed by atoms with Crippen molar-refractivity contribution in [3.63, 3.8) is 0 Å². The number of nitrogens with zero attached hydrogens (tertiary/aromatic N) is 2. The number of hydrogen-bond donors (Lipinski definition) is 2. The van der Waals surface area contributed by atoms with Crippen LogP contribution < -0.4 is 15.4 Å². The quantitative estimate of drug-likeness (QED) is 0.495. The van der Waals surface area contributed by atoms with Crippen LogP contribution in [0.15, 0.2) is 29.3 Å². The Morgan fingerprint density at radius 2 is 2.11 bits per heavy atom. The summed E-state index contributed by atoms with van der Waals surface area (Å²) >= 11 is 0. The fraction of sp³-hybridized carbons (Fsp3) is 0.650. The summed E-state index contributed by atoms with van der Waals surface area (Å²) in [4.78, 5) is 6.92. The number of ether oxygens (including phenoxy) is 2. The van der Waals surface area contributed by atoms with Gasteiger partial charge >= 0.3 is 6.61 Å². The Morgan fingerprint density at radius 3 is 2.82 bits per heavy atom. The summed E-state index contributed by atoms with van der Waals surface area (Å²) in [6.07, 6.45) is 0.0887. The number of alkyl halides is 2. The average Bonchev–Trinajstić information content (AvgIpc) is 2.64. The molecule has 1 saturated heterocycles. The van der Waals surface area contributed by atoms with Crippen LogP contribution in [0.4, 0.5) is 8.78 Å². The molecule has 1 aliphatic rings. The summed E-state index contributed by atoms with van der Waals surface area (Å²) in [5, 5.41) is 6.47. The maximum atomic E-state index is 12.6. The van der Waals surface area contributed by atoms with Gasteiger partial charge in [-0.2, -0.15) is 8.78 Å². The van der Waals surface area contributed by atoms with E-state index >= 15 is 0 Å². The van der Waals surface area contributed by atoms with E-state index in [1.807, 2.05) is 6.92 Å². The zero-order valence-electron chi connectivity index (χ0n) is 17.0. The van der Waals surface area contributed by atoms with Crippen LogP contribution in [-0.2, 0) is 11.3 Å². The third-order valence-electron chi connectivity index (χ3n) is 4.28. The van der Waals surface area contributed by atoms with Crippen molar-refractivity contribution in [2.45, 2.75) is 40.0 Å². The van der Waals surface area contributed by atoms with Gasteiger partial charge in [-0.15, -0.1) is 0 Å². The van der Waals surface area contributed by atoms with Gasteiger partial charge in [0.25, 0.3) is 0 Å². The topological polar surface area (TPSA) is 58.1 Å². The zero-order chi connectivity index (χ0) is 20.4. The van der Waals surface area contributed by atoms with Gasteiger partial charge in [0.05, 0.1) is 19.3 Å². The highest BCUT2D eigenvalue weighted by molar-refractivity contribution is 5.79. The monoisotopic (exact) mass is 398 g/mol. The molecule has 0 spiro atoms. The Hall–Kier alpha value is -1.93. The lowest BCUT2D eigenvalue weighted by atomic mass is 10.2. The van der Waals surface area contributed by atoms with E-state index in [2.05, 4.69) is 39.1 Å². The predicted molar refractivity (Wildman–Crippen MR) is 107 cm³/mol. The van der Waals surface area contributed by atoms with E-state index in [0.29, 0.717) is 30.5 Å². The second kappa shape index (κ2) is 11.8. The van der Waals surface area contributed by atoms with Crippen LogP contribution in [0.1, 0.15) is 26.3 Å². The molecule has 1 atom stereocenters. The maximum absolute atomic E-state index is 12.6. The van der Waals surface area contributed by atoms with Crippen LogP contribution in [-0.4, -0.2) is 62.9 Å². The number of hydrogen-bond acceptors (Lipinski definition) is 4. The number of halogens is 2. The van der Waals surface area contributed by atoms with Crippen LogP contribution in [0.2, 0.25) is 0 Å². The minimum absolute atomic E-state index is 0.0887. The number of rotatable bonds is 9. The normalized spacial score (nSPS) is 18.5. The number of aliphatic imine (C=N–C) groups is 1. The molecule has 6 nitrogen and oxygen atoms in total. The lowest BCUT2D eigenvalue weighted by Crippen LogP contribution is -2.50. The summed E-state index contributed by atoms with van der Waals surface area (Å²) < 4.78 is 35.5. The van der Waals surface area contributed by atoms with E-state index in [0.717, 1.165) is 26.2 Å². The smallest absolute Gasteiger partial charge is 0.387 e. The van der Waals surface area contributed by atoms with Gasteiger partial charge in [-0.3, -0.25) is 4.90 Å². The molecule has 2 N–H and O–H groups in total. The number of benzene rings is 1. The first-order valence-electron chi connectivity index (χ1n) is 9.86. The highest BCUT2D eigenvalue weighted by Gasteiger charge is 2.21. The average molecular weight is 398 g/mol. The fourth-order valence-electron chi connectivity index (χ4n) is 3.15. The summed E-state index contributed by atoms with van der Waals surface area (Å²) in [7, 11) is 0. The van der Waals surface area contributed by atoms with Gasteiger partial charge < -0.3 is 20.1 Å². The van der Waals surface area contributed by atoms with Crippen LogP contribution in [0, 0.1) is 5.92 Å². The molecule has 1 unspecified atom stereocenters. The summed E-state index contributed by atoms with van der Waals surface area (Å²) in [6.45, 7) is 8.77. The van der Waals surface area contributed by atoms with Gasteiger partial charge in [0, 0.05) is 38.3 Å². The Kier molecular flexibility index (Phi) is 9.43. The Morgan fingerprint density at radius 1 is 1.32 bits per heavy atom. The summed E-state index contributed by atoms with van der Waals surface area (Å²) in [5.74, 6) is 1.40. The van der Waals surface area contributed by atoms with Crippen molar-refractivity contribution in [3.8, 4) is 5.75 Å². The number of para-hydroxylation sites is 1. The van der Waals surface area contributed by atoms with Crippen molar-refractivity contribution in [2.24, 2.45) is 10.9 Å². The Balaban J connectivity index is 1.92. The molecule has 0 radical (unpaired) electrons. The van der Waals surface area contributed by atoms with Gasteiger partial charge in [-0.25, -0.2) is 4.99 Å². The molecule has 0 saturated carbocycles. The van der Waals surface area contributed by atoms with E-state index in [9.17, 15) is 8.78 Å². The molecule has 1 fully saturated rings. The molecule has 28 heavy (non-hydrogen) atoms. The van der Waals surface area contributed by atoms with E-state index in [4.69, 9.17) is 4.74 Å². The van der Waals surface area contributed by atoms with Crippen molar-refractivity contribution in [1.82, 2.24) is 15.5 Å². The van der Waals surface area contributed by atoms with Crippen molar-refractivity contribution >= 4 is 5.96 Å². The van der Waals surface area contributed by atoms with Crippen LogP contribution >= 0.6 is 0 Å². The molecule has 0 bridgehead atoms. The molecule has 158 valence electrons. The van der Waals surface area contributed by atoms with E-state index in [1.54, 1.807) is 18.2 Å². The highest BCUT2D eigenvalue weighted by Crippen LogP contribution is 2.20. The first-order chi connectivity index (χ1) is 13.5. The van der Waals surface area contributed by atoms with E-state index in [-0.39, 0.29) is 18.4 Å². The minimum Gasteiger partial charge on any atom is -0.434 e. The van der Waals surface area contributed by atoms with Crippen LogP contribution in [0.3, 0.4) is 0 Å². The molecular formula is C20H32F2N4O2. The lowest BCUT2D eigenvalue weighted by Gasteiger charge is -2.34. The van der Waals surface area contributed by atoms with Gasteiger partial charge in [0.1, 0.15) is 5.75 Å². The third kappa shape index (κ3) is 7.98. The van der Waals surface area contributed by atoms with Gasteiger partial charge in [-0.1, -0.05) is 32.0 Å². The van der Waals surface area contributed by atoms with Crippen molar-refractivity contribution in [1.29, 1.82) is 0 Å². The molecule has 2 rings (SSSR count). The van der Waals surface area contributed by atoms with Gasteiger partial charge in [-0.05, 0) is 18.9 Å². The third-order valence-corrected chi connectivity index (χ3v) is 4.28. The maximum Gasteiger partial charge on any atom is 0.387 e. The minimum atomic E-state index is -2.85. The van der Waals surface area contributed by atoms with Crippen molar-refractivity contribution in [3.05, 3.63) is 29.8 Å². The first kappa shape index (κ1) is 22.4. The van der Waals surface area contributed by atoms with Crippen LogP contribution in [0.5, 0.6) is 5.75 Å². The second-order valence-electron chi connectivity index (χ2n) is 7.21. The molecule has 8 heteroatoms. The fourth-order valence-corrected chi connectivity index (χ4v) is 3.15. The molecule has 1 aromatic carbocycles. The largest absolute Gasteiger partial charge is 0.434 e. The van der Waals surface area contributed by atoms with Gasteiger partial charge in [0.15, 0.2) is 5.96 Å². The summed E-state index contributed by atoms with van der Waals surface area (Å²) in [5.41, 5.74) is 0.608. The Labute approximate surface area is 166 Å². The number of guanidine groups is 1. The Bertz CT molecular complexity index is 614. The molecule has 0 aromatic heterocycles. The van der Waals surface area contributed by atoms with Crippen molar-refractivity contribution in [2.75, 3.05) is 39.3 Å². The molecule has 1 aliphatic heterocycles. The molecule has 0 aliphatic carbocycles. The highest BCUT2D eigenvalue weighted by atomic mass is 19.3. The van der Waals surface area contributed by atoms with Gasteiger partial charge in [0.2, 0.25) is 0 Å². The zero-order valence-corrected chi connectivity index (χ0v) is 17.0. The number of morpholine rings is 1. The molecule has 1 aromatic rings. The second-order valence-corrected chi connectivity index (χ2v) is 7.21. The molecular weight excluding hydrogens is 366 g/mol. The molecule has 0 amide bonds. The van der Waals surface area contributed by atoms with Crippen LogP contribution in [0.25, 0.3) is 0 Å². The summed E-state index contributed by atoms with van der Waals surface area (Å²) in [6, 6.07) is 6.70. The predicted octanol–water partition coefficient (Wildman–Crippen LogP) is 2.70. The van der Waals surface area contributed by atoms with E-state index < -0.39 is 6.61 Å². The van der Waals surface area contributed by atoms with E-state index in [1.165, 1.54) is 6.07 Å². The standard InChI is InChI=1S/C20H32F2N4O2/c1-4-23-20(24-11-16-7-5-6-8-18(16)28-19(21)22)25-12-17-14-26(9-10-27-17)13-15(2)3/h5-8,15,17,19H,4,9-14H2,1-3H3,(H2,23,24,25).